The van der Waals surface area contributed by atoms with Gasteiger partial charge in [0.25, 0.3) is 0 Å². The van der Waals surface area contributed by atoms with Gasteiger partial charge in [0.15, 0.2) is 0 Å². The van der Waals surface area contributed by atoms with Crippen molar-refractivity contribution in [3.05, 3.63) is 77.5 Å². The molecule has 3 heterocycles. The Bertz CT molecular complexity index is 1450. The number of hydrogen-bond acceptors (Lipinski definition) is 6. The smallest absolute Gasteiger partial charge is 0.550 e. The Labute approximate surface area is 266 Å². The summed E-state index contributed by atoms with van der Waals surface area (Å²) in [7, 11) is 0. The van der Waals surface area contributed by atoms with Gasteiger partial charge in [-0.05, 0) is 51.0 Å². The van der Waals surface area contributed by atoms with Crippen molar-refractivity contribution in [2.24, 2.45) is 5.92 Å². The third-order valence-electron chi connectivity index (χ3n) is 7.21. The van der Waals surface area contributed by atoms with Gasteiger partial charge < -0.3 is 19.0 Å². The third kappa shape index (κ3) is 6.89. The van der Waals surface area contributed by atoms with Gasteiger partial charge in [-0.15, -0.1) is 0 Å². The molecule has 1 fully saturated rings. The van der Waals surface area contributed by atoms with E-state index >= 15 is 4.39 Å². The molecule has 0 atom stereocenters. The van der Waals surface area contributed by atoms with Gasteiger partial charge >= 0.3 is 58.0 Å². The van der Waals surface area contributed by atoms with E-state index in [-0.39, 0.29) is 87.4 Å². The number of aryl methyl sites for hydroxylation is 1. The van der Waals surface area contributed by atoms with E-state index in [2.05, 4.69) is 19.7 Å². The van der Waals surface area contributed by atoms with E-state index in [4.69, 9.17) is 0 Å². The molecule has 0 radical (unpaired) electrons. The predicted molar refractivity (Wildman–Crippen MR) is 131 cm³/mol. The first-order valence-electron chi connectivity index (χ1n) is 12.5. The molecule has 1 aliphatic rings. The van der Waals surface area contributed by atoms with Gasteiger partial charge in [-0.1, -0.05) is 18.2 Å². The van der Waals surface area contributed by atoms with E-state index in [1.54, 1.807) is 48.1 Å². The number of para-hydroxylation sites is 1. The van der Waals surface area contributed by atoms with Gasteiger partial charge in [-0.25, -0.2) is 19.3 Å². The van der Waals surface area contributed by atoms with Crippen LogP contribution in [0, 0.1) is 18.7 Å². The summed E-state index contributed by atoms with van der Waals surface area (Å²) in [6.45, 7) is -1.16. The Morgan fingerprint density at radius 3 is 2.51 bits per heavy atom. The van der Waals surface area contributed by atoms with Gasteiger partial charge in [-0.3, -0.25) is 0 Å². The van der Waals surface area contributed by atoms with Crippen LogP contribution in [0.1, 0.15) is 60.8 Å². The molecule has 11 heteroatoms. The molecule has 4 aromatic rings. The van der Waals surface area contributed by atoms with Crippen molar-refractivity contribution in [2.75, 3.05) is 0 Å². The summed E-state index contributed by atoms with van der Waals surface area (Å²) in [4.78, 5) is 24.3. The number of nitrogens with zero attached hydrogens (tertiary/aromatic N) is 4. The zero-order valence-electron chi connectivity index (χ0n) is 21.7. The fourth-order valence-electron chi connectivity index (χ4n) is 5.25. The summed E-state index contributed by atoms with van der Waals surface area (Å²) in [5, 5.41) is 10.9. The molecule has 0 N–H and O–H groups in total. The zero-order chi connectivity index (χ0) is 26.8. The molecule has 7 nitrogen and oxygen atoms in total. The van der Waals surface area contributed by atoms with E-state index < -0.39 is 18.4 Å². The summed E-state index contributed by atoms with van der Waals surface area (Å²) in [6, 6.07) is 7.89. The SMILES string of the molecule is Cc1nc2cc(F)c(-c3cnc(C4CCC(CC(=O)[O-])CC4)nc3)cn2c1Cc1ccccc1OC(F)F.[K+]. The van der Waals surface area contributed by atoms with Gasteiger partial charge in [0.05, 0.1) is 5.69 Å². The van der Waals surface area contributed by atoms with Gasteiger partial charge in [0.1, 0.15) is 23.0 Å². The number of carbonyl (C=O) groups is 1. The maximum absolute atomic E-state index is 15.1. The number of ether oxygens (including phenoxy) is 1. The zero-order valence-corrected chi connectivity index (χ0v) is 24.9. The molecule has 1 aliphatic carbocycles. The molecule has 0 unspecified atom stereocenters. The first kappa shape index (κ1) is 29.7. The van der Waals surface area contributed by atoms with Crippen molar-refractivity contribution >= 4 is 11.6 Å². The van der Waals surface area contributed by atoms with Crippen LogP contribution in [-0.2, 0) is 11.2 Å². The Kier molecular flexibility index (Phi) is 9.81. The first-order valence-corrected chi connectivity index (χ1v) is 12.5. The summed E-state index contributed by atoms with van der Waals surface area (Å²) < 4.78 is 47.3. The summed E-state index contributed by atoms with van der Waals surface area (Å²) in [5.74, 6) is -0.496. The maximum Gasteiger partial charge on any atom is 1.00 e. The average molecular weight is 563 g/mol. The van der Waals surface area contributed by atoms with E-state index in [1.165, 1.54) is 12.1 Å². The second kappa shape index (κ2) is 12.9. The van der Waals surface area contributed by atoms with E-state index in [9.17, 15) is 18.7 Å². The Morgan fingerprint density at radius 2 is 1.85 bits per heavy atom. The van der Waals surface area contributed by atoms with Crippen LogP contribution in [0.25, 0.3) is 16.8 Å². The number of carboxylic acid groups (broad SMARTS) is 1. The largest absolute Gasteiger partial charge is 1.00 e. The summed E-state index contributed by atoms with van der Waals surface area (Å²) >= 11 is 0. The first-order chi connectivity index (χ1) is 18.3. The van der Waals surface area contributed by atoms with Crippen LogP contribution in [-0.4, -0.2) is 31.9 Å². The van der Waals surface area contributed by atoms with Gasteiger partial charge in [0, 0.05) is 65.3 Å². The normalized spacial score (nSPS) is 17.3. The number of carboxylic acids is 1. The number of alkyl halides is 2. The molecule has 198 valence electrons. The molecule has 0 saturated heterocycles. The molecule has 39 heavy (non-hydrogen) atoms. The van der Waals surface area contributed by atoms with Gasteiger partial charge in [-0.2, -0.15) is 8.78 Å². The predicted octanol–water partition coefficient (Wildman–Crippen LogP) is 1.85. The Balaban J connectivity index is 0.00000353. The van der Waals surface area contributed by atoms with Crippen LogP contribution in [0.3, 0.4) is 0 Å². The van der Waals surface area contributed by atoms with Crippen LogP contribution in [0.2, 0.25) is 0 Å². The Morgan fingerprint density at radius 1 is 1.15 bits per heavy atom. The minimum atomic E-state index is -2.94. The van der Waals surface area contributed by atoms with Crippen molar-refractivity contribution < 1.29 is 79.2 Å². The molecule has 1 saturated carbocycles. The standard InChI is InChI=1S/C28H27F3N4O3.K/c1-16-23(11-19-4-2-3-5-24(19)38-28(30)31)35-15-21(22(29)12-25(35)34-16)20-13-32-27(33-14-20)18-8-6-17(7-9-18)10-26(36)37;/h2-5,12-15,17-18,28H,6-11H2,1H3,(H,36,37);/q;+1/p-1. The van der Waals surface area contributed by atoms with Crippen molar-refractivity contribution in [3.63, 3.8) is 0 Å². The number of carbonyl (C=O) groups excluding carboxylic acids is 1. The molecule has 1 aromatic carbocycles. The quantitative estimate of drug-likeness (QED) is 0.305. The number of aliphatic carboxylic acids is 1. The summed E-state index contributed by atoms with van der Waals surface area (Å²) in [5.41, 5.74) is 3.11. The van der Waals surface area contributed by atoms with E-state index in [0.29, 0.717) is 28.3 Å². The Hall–Kier alpha value is -2.31. The second-order valence-electron chi connectivity index (χ2n) is 9.69. The van der Waals surface area contributed by atoms with Gasteiger partial charge in [0.2, 0.25) is 0 Å². The molecule has 5 rings (SSSR count). The van der Waals surface area contributed by atoms with Crippen molar-refractivity contribution in [3.8, 4) is 16.9 Å². The molecule has 0 amide bonds. The molecule has 3 aromatic heterocycles. The van der Waals surface area contributed by atoms with Crippen LogP contribution in [0.4, 0.5) is 13.2 Å². The number of hydrogen-bond donors (Lipinski definition) is 0. The topological polar surface area (TPSA) is 92.4 Å². The van der Waals surface area contributed by atoms with E-state index in [1.807, 2.05) is 0 Å². The van der Waals surface area contributed by atoms with Crippen LogP contribution >= 0.6 is 0 Å². The third-order valence-corrected chi connectivity index (χ3v) is 7.21. The van der Waals surface area contributed by atoms with Crippen molar-refractivity contribution in [1.82, 2.24) is 19.4 Å². The van der Waals surface area contributed by atoms with Crippen LogP contribution < -0.4 is 61.2 Å². The second-order valence-corrected chi connectivity index (χ2v) is 9.69. The molecular formula is C28H26F3KN4O3. The van der Waals surface area contributed by atoms with Crippen molar-refractivity contribution in [1.29, 1.82) is 0 Å². The number of aromatic nitrogens is 4. The van der Waals surface area contributed by atoms with Crippen LogP contribution in [0.15, 0.2) is 48.9 Å². The fourth-order valence-corrected chi connectivity index (χ4v) is 5.25. The van der Waals surface area contributed by atoms with E-state index in [0.717, 1.165) is 31.4 Å². The number of rotatable bonds is 8. The fraction of sp³-hybridized carbons (Fsp3) is 0.357. The number of benzene rings is 1. The minimum absolute atomic E-state index is 0. The molecule has 0 bridgehead atoms. The number of imidazole rings is 1. The number of pyridine rings is 1. The molecule has 0 aliphatic heterocycles. The summed E-state index contributed by atoms with van der Waals surface area (Å²) in [6.07, 6.45) is 8.31. The average Bonchev–Trinajstić information content (AvgIpc) is 3.18. The van der Waals surface area contributed by atoms with Crippen molar-refractivity contribution in [2.45, 2.75) is 58.0 Å². The molecular weight excluding hydrogens is 536 g/mol. The van der Waals surface area contributed by atoms with Crippen LogP contribution in [0.5, 0.6) is 5.75 Å². The minimum Gasteiger partial charge on any atom is -0.550 e. The maximum atomic E-state index is 15.1. The number of halogens is 3. The molecule has 0 spiro atoms. The monoisotopic (exact) mass is 562 g/mol. The number of fused-ring (bicyclic) bond motifs is 1.